The summed E-state index contributed by atoms with van der Waals surface area (Å²) in [4.78, 5) is 47.8. The Bertz CT molecular complexity index is 2190. The molecular weight excluding hydrogens is 663 g/mol. The van der Waals surface area contributed by atoms with Crippen molar-refractivity contribution in [2.45, 2.75) is 44.1 Å². The van der Waals surface area contributed by atoms with Gasteiger partial charge in [-0.15, -0.1) is 11.3 Å². The molecule has 5 aromatic rings. The fourth-order valence-corrected chi connectivity index (χ4v) is 7.57. The second-order valence-electron chi connectivity index (χ2n) is 13.3. The number of rotatable bonds is 11. The van der Waals surface area contributed by atoms with Crippen LogP contribution in [0, 0.1) is 11.3 Å². The maximum absolute atomic E-state index is 13.5. The molecule has 0 saturated carbocycles. The highest BCUT2D eigenvalue weighted by atomic mass is 32.1. The van der Waals surface area contributed by atoms with Gasteiger partial charge >= 0.3 is 5.97 Å². The summed E-state index contributed by atoms with van der Waals surface area (Å²) in [6.07, 6.45) is 3.72. The number of unbranched alkanes of at least 4 members (excludes halogenated alkanes) is 3. The normalized spacial score (nSPS) is 13.4. The molecular formula is C40H37N5O5S. The van der Waals surface area contributed by atoms with E-state index < -0.39 is 11.6 Å². The molecule has 4 aromatic carbocycles. The summed E-state index contributed by atoms with van der Waals surface area (Å²) in [6, 6.07) is 24.4. The molecule has 0 saturated heterocycles. The van der Waals surface area contributed by atoms with Gasteiger partial charge in [0.05, 0.1) is 15.8 Å². The molecule has 1 N–H and O–H groups in total. The van der Waals surface area contributed by atoms with Crippen molar-refractivity contribution >= 4 is 56.3 Å². The fraction of sp³-hybridized carbons (Fsp3) is 0.275. The van der Waals surface area contributed by atoms with Crippen molar-refractivity contribution in [3.8, 4) is 17.6 Å². The number of esters is 1. The van der Waals surface area contributed by atoms with Crippen LogP contribution in [0.3, 0.4) is 0 Å². The summed E-state index contributed by atoms with van der Waals surface area (Å²) in [5.41, 5.74) is 5.02. The molecule has 2 aliphatic rings. The average Bonchev–Trinajstić information content (AvgIpc) is 3.67. The molecule has 0 fully saturated rings. The number of fused-ring (bicyclic) bond motifs is 7. The van der Waals surface area contributed by atoms with Gasteiger partial charge in [0.25, 0.3) is 0 Å². The molecule has 0 bridgehead atoms. The quantitative estimate of drug-likeness (QED) is 0.0829. The number of benzene rings is 4. The number of nitrogens with zero attached hydrogens (tertiary/aromatic N) is 4. The molecule has 1 amide bonds. The van der Waals surface area contributed by atoms with E-state index in [-0.39, 0.29) is 11.7 Å². The molecule has 3 heterocycles. The third-order valence-corrected chi connectivity index (χ3v) is 10.4. The lowest BCUT2D eigenvalue weighted by molar-refractivity contribution is -0.116. The smallest absolute Gasteiger partial charge is 0.340 e. The molecule has 0 radical (unpaired) electrons. The Balaban J connectivity index is 1.03. The van der Waals surface area contributed by atoms with Crippen molar-refractivity contribution in [2.75, 3.05) is 43.3 Å². The topological polar surface area (TPSA) is 125 Å². The maximum Gasteiger partial charge on any atom is 0.340 e. The van der Waals surface area contributed by atoms with Crippen LogP contribution >= 0.6 is 11.3 Å². The van der Waals surface area contributed by atoms with Gasteiger partial charge in [-0.05, 0) is 67.4 Å². The van der Waals surface area contributed by atoms with E-state index in [0.717, 1.165) is 34.4 Å². The lowest BCUT2D eigenvalue weighted by atomic mass is 9.77. The molecule has 51 heavy (non-hydrogen) atoms. The largest absolute Gasteiger partial charge is 0.456 e. The van der Waals surface area contributed by atoms with E-state index in [1.165, 1.54) is 11.3 Å². The van der Waals surface area contributed by atoms with Gasteiger partial charge in [0.15, 0.2) is 16.4 Å². The van der Waals surface area contributed by atoms with Gasteiger partial charge in [0.1, 0.15) is 17.6 Å². The predicted octanol–water partition coefficient (Wildman–Crippen LogP) is 8.03. The SMILES string of the molecule is CN(C)c1ccc2c(c1)Oc1cc(N(C)C)ccc1C21OC(=O)c2ccc(C(=O)CCCCCCC(=O)Nc3ccc4nc(C#N)sc4c3)cc21. The Morgan fingerprint density at radius 3 is 2.14 bits per heavy atom. The molecule has 0 unspecified atom stereocenters. The van der Waals surface area contributed by atoms with Gasteiger partial charge < -0.3 is 24.6 Å². The first-order chi connectivity index (χ1) is 24.6. The summed E-state index contributed by atoms with van der Waals surface area (Å²) in [7, 11) is 7.82. The predicted molar refractivity (Wildman–Crippen MR) is 198 cm³/mol. The number of thiazole rings is 1. The highest BCUT2D eigenvalue weighted by Crippen LogP contribution is 2.57. The minimum absolute atomic E-state index is 0.0125. The van der Waals surface area contributed by atoms with Crippen LogP contribution < -0.4 is 19.9 Å². The first-order valence-electron chi connectivity index (χ1n) is 16.9. The number of nitrogens with one attached hydrogen (secondary N) is 1. The number of hydrogen-bond acceptors (Lipinski definition) is 10. The van der Waals surface area contributed by atoms with Crippen molar-refractivity contribution in [1.29, 1.82) is 5.26 Å². The second-order valence-corrected chi connectivity index (χ2v) is 14.3. The van der Waals surface area contributed by atoms with Crippen LogP contribution in [0.1, 0.15) is 80.9 Å². The van der Waals surface area contributed by atoms with Gasteiger partial charge in [-0.2, -0.15) is 5.26 Å². The van der Waals surface area contributed by atoms with E-state index in [2.05, 4.69) is 16.4 Å². The number of carbonyl (C=O) groups excluding carboxylic acids is 3. The minimum atomic E-state index is -1.27. The zero-order chi connectivity index (χ0) is 35.9. The summed E-state index contributed by atoms with van der Waals surface area (Å²) >= 11 is 1.29. The molecule has 258 valence electrons. The van der Waals surface area contributed by atoms with E-state index in [1.54, 1.807) is 24.3 Å². The Hall–Kier alpha value is -5.73. The molecule has 7 rings (SSSR count). The summed E-state index contributed by atoms with van der Waals surface area (Å²) < 4.78 is 13.7. The second kappa shape index (κ2) is 13.5. The van der Waals surface area contributed by atoms with Gasteiger partial charge in [-0.3, -0.25) is 9.59 Å². The van der Waals surface area contributed by atoms with E-state index >= 15 is 0 Å². The van der Waals surface area contributed by atoms with E-state index in [4.69, 9.17) is 14.7 Å². The van der Waals surface area contributed by atoms with Gasteiger partial charge in [0, 0.05) is 92.5 Å². The van der Waals surface area contributed by atoms with Gasteiger partial charge in [-0.25, -0.2) is 9.78 Å². The minimum Gasteiger partial charge on any atom is -0.456 e. The summed E-state index contributed by atoms with van der Waals surface area (Å²) in [5, 5.41) is 12.4. The number of amides is 1. The summed E-state index contributed by atoms with van der Waals surface area (Å²) in [6.45, 7) is 0. The van der Waals surface area contributed by atoms with E-state index in [0.29, 0.717) is 75.7 Å². The van der Waals surface area contributed by atoms with Gasteiger partial charge in [0.2, 0.25) is 5.91 Å². The van der Waals surface area contributed by atoms with E-state index in [1.807, 2.05) is 86.5 Å². The molecule has 0 atom stereocenters. The number of hydrogen-bond donors (Lipinski definition) is 1. The standard InChI is InChI=1S/C40H37N5O5S/c1-44(2)26-13-16-29-34(21-26)49-35-22-27(45(3)4)14-17-30(35)40(29)31-19-24(11-15-28(31)39(48)50-40)33(46)9-7-5-6-8-10-37(47)42-25-12-18-32-36(20-25)51-38(23-41)43-32/h11-22H,5-10H2,1-4H3,(H,42,47). The maximum atomic E-state index is 13.5. The Morgan fingerprint density at radius 2 is 1.49 bits per heavy atom. The molecule has 2 aliphatic heterocycles. The van der Waals surface area contributed by atoms with Crippen LogP contribution in [0.4, 0.5) is 17.1 Å². The number of nitriles is 1. The van der Waals surface area contributed by atoms with Crippen molar-refractivity contribution in [3.63, 3.8) is 0 Å². The van der Waals surface area contributed by atoms with Crippen molar-refractivity contribution in [2.24, 2.45) is 0 Å². The first-order valence-corrected chi connectivity index (χ1v) is 17.7. The molecule has 1 aromatic heterocycles. The number of ether oxygens (including phenoxy) is 2. The van der Waals surface area contributed by atoms with E-state index in [9.17, 15) is 14.4 Å². The van der Waals surface area contributed by atoms with Crippen LogP contribution in [0.15, 0.2) is 72.8 Å². The number of aromatic nitrogens is 1. The zero-order valence-corrected chi connectivity index (χ0v) is 29.7. The average molecular weight is 700 g/mol. The molecule has 0 aliphatic carbocycles. The van der Waals surface area contributed by atoms with Crippen molar-refractivity contribution < 1.29 is 23.9 Å². The van der Waals surface area contributed by atoms with Gasteiger partial charge in [-0.1, -0.05) is 18.9 Å². The number of ketones is 1. The molecule has 11 heteroatoms. The van der Waals surface area contributed by atoms with Crippen LogP contribution in [-0.4, -0.2) is 50.8 Å². The lowest BCUT2D eigenvalue weighted by Crippen LogP contribution is -2.33. The van der Waals surface area contributed by atoms with Crippen LogP contribution in [0.25, 0.3) is 10.2 Å². The van der Waals surface area contributed by atoms with Crippen molar-refractivity contribution in [1.82, 2.24) is 4.98 Å². The Labute approximate surface area is 300 Å². The number of anilines is 3. The highest BCUT2D eigenvalue weighted by Gasteiger charge is 2.54. The lowest BCUT2D eigenvalue weighted by Gasteiger charge is -2.37. The summed E-state index contributed by atoms with van der Waals surface area (Å²) in [5.74, 6) is 0.641. The third-order valence-electron chi connectivity index (χ3n) is 9.45. The number of Topliss-reactive ketones (excluding diaryl/α,β-unsaturated/α-hetero) is 1. The Kier molecular flexibility index (Phi) is 8.95. The van der Waals surface area contributed by atoms with Crippen LogP contribution in [-0.2, 0) is 15.1 Å². The highest BCUT2D eigenvalue weighted by molar-refractivity contribution is 7.19. The molecule has 10 nitrogen and oxygen atoms in total. The monoisotopic (exact) mass is 699 g/mol. The molecule has 1 spiro atoms. The first kappa shape index (κ1) is 33.8. The fourth-order valence-electron chi connectivity index (χ4n) is 6.77. The zero-order valence-electron chi connectivity index (χ0n) is 28.9. The Morgan fingerprint density at radius 1 is 0.824 bits per heavy atom. The van der Waals surface area contributed by atoms with Crippen LogP contribution in [0.2, 0.25) is 0 Å². The van der Waals surface area contributed by atoms with Crippen LogP contribution in [0.5, 0.6) is 11.5 Å². The number of carbonyl (C=O) groups is 3. The van der Waals surface area contributed by atoms with Crippen molar-refractivity contribution in [3.05, 3.63) is 106 Å². The third kappa shape index (κ3) is 6.28.